The van der Waals surface area contributed by atoms with E-state index in [4.69, 9.17) is 0 Å². The molecular weight excluding hydrogens is 408 g/mol. The third kappa shape index (κ3) is 4.42. The number of H-pyrrole nitrogens is 1. The second-order valence-electron chi connectivity index (χ2n) is 8.58. The summed E-state index contributed by atoms with van der Waals surface area (Å²) >= 11 is 0. The zero-order valence-electron chi connectivity index (χ0n) is 18.6. The molecule has 4 heterocycles. The van der Waals surface area contributed by atoms with E-state index in [9.17, 15) is 14.4 Å². The Hall–Kier alpha value is -3.49. The number of aromatic nitrogens is 4. The van der Waals surface area contributed by atoms with Crippen LogP contribution in [-0.4, -0.2) is 55.4 Å². The van der Waals surface area contributed by atoms with E-state index in [2.05, 4.69) is 20.4 Å². The van der Waals surface area contributed by atoms with Gasteiger partial charge in [-0.05, 0) is 45.7 Å². The number of hydrogen-bond donors (Lipinski definition) is 2. The average Bonchev–Trinajstić information content (AvgIpc) is 3.40. The average molecular weight is 437 g/mol. The number of carbonyl (C=O) groups excluding carboxylic acids is 2. The van der Waals surface area contributed by atoms with Crippen LogP contribution in [0.4, 0.5) is 0 Å². The second kappa shape index (κ2) is 8.94. The topological polar surface area (TPSA) is 112 Å². The van der Waals surface area contributed by atoms with Crippen LogP contribution in [0.25, 0.3) is 5.65 Å². The molecule has 1 fully saturated rings. The minimum absolute atomic E-state index is 0.0147. The lowest BCUT2D eigenvalue weighted by Gasteiger charge is -2.16. The molecule has 3 aromatic heterocycles. The zero-order valence-corrected chi connectivity index (χ0v) is 18.6. The first kappa shape index (κ1) is 21.7. The van der Waals surface area contributed by atoms with Crippen molar-refractivity contribution in [1.82, 2.24) is 29.8 Å². The third-order valence-electron chi connectivity index (χ3n) is 5.83. The summed E-state index contributed by atoms with van der Waals surface area (Å²) in [4.78, 5) is 48.1. The molecule has 1 atom stereocenters. The Labute approximate surface area is 185 Å². The van der Waals surface area contributed by atoms with Gasteiger partial charge >= 0.3 is 0 Å². The molecule has 0 aliphatic carbocycles. The minimum atomic E-state index is -0.182. The molecule has 0 radical (unpaired) electrons. The normalized spacial score (nSPS) is 16.1. The van der Waals surface area contributed by atoms with Gasteiger partial charge in [-0.2, -0.15) is 0 Å². The second-order valence-corrected chi connectivity index (χ2v) is 8.58. The summed E-state index contributed by atoms with van der Waals surface area (Å²) in [7, 11) is 0. The largest absolute Gasteiger partial charge is 0.354 e. The number of aryl methyl sites for hydroxylation is 1. The molecule has 168 valence electrons. The van der Waals surface area contributed by atoms with Crippen LogP contribution in [0.1, 0.15) is 59.9 Å². The molecule has 2 amide bonds. The lowest BCUT2D eigenvalue weighted by atomic mass is 10.1. The maximum atomic E-state index is 13.1. The Kier molecular flexibility index (Phi) is 6.07. The summed E-state index contributed by atoms with van der Waals surface area (Å²) in [5, 5.41) is 6.03. The van der Waals surface area contributed by atoms with Crippen molar-refractivity contribution in [1.29, 1.82) is 0 Å². The number of aromatic amines is 1. The van der Waals surface area contributed by atoms with Crippen LogP contribution in [0.15, 0.2) is 35.4 Å². The van der Waals surface area contributed by atoms with Crippen molar-refractivity contribution in [2.45, 2.75) is 52.0 Å². The Morgan fingerprint density at radius 2 is 2.03 bits per heavy atom. The molecule has 0 aromatic carbocycles. The molecule has 32 heavy (non-hydrogen) atoms. The van der Waals surface area contributed by atoms with E-state index in [1.54, 1.807) is 31.5 Å². The highest BCUT2D eigenvalue weighted by molar-refractivity contribution is 5.94. The van der Waals surface area contributed by atoms with Crippen molar-refractivity contribution >= 4 is 17.5 Å². The minimum Gasteiger partial charge on any atom is -0.354 e. The number of amides is 2. The van der Waals surface area contributed by atoms with Crippen molar-refractivity contribution in [3.8, 4) is 0 Å². The van der Waals surface area contributed by atoms with Gasteiger partial charge in [0.15, 0.2) is 5.65 Å². The molecule has 1 saturated heterocycles. The van der Waals surface area contributed by atoms with Crippen molar-refractivity contribution in [2.24, 2.45) is 0 Å². The summed E-state index contributed by atoms with van der Waals surface area (Å²) in [5.41, 5.74) is 3.05. The van der Waals surface area contributed by atoms with Crippen LogP contribution in [0, 0.1) is 6.92 Å². The molecule has 0 bridgehead atoms. The van der Waals surface area contributed by atoms with Crippen molar-refractivity contribution in [3.05, 3.63) is 63.5 Å². The van der Waals surface area contributed by atoms with Gasteiger partial charge in [-0.1, -0.05) is 0 Å². The molecule has 9 nitrogen and oxygen atoms in total. The van der Waals surface area contributed by atoms with Gasteiger partial charge in [0.05, 0.1) is 0 Å². The number of nitrogens with zero attached hydrogens (tertiary/aromatic N) is 4. The molecule has 4 rings (SSSR count). The molecule has 1 aliphatic heterocycles. The molecule has 1 aliphatic rings. The summed E-state index contributed by atoms with van der Waals surface area (Å²) in [6, 6.07) is 5.38. The highest BCUT2D eigenvalue weighted by Gasteiger charge is 2.29. The number of nitrogens with one attached hydrogen (secondary N) is 2. The van der Waals surface area contributed by atoms with E-state index in [0.29, 0.717) is 42.0 Å². The monoisotopic (exact) mass is 436 g/mol. The van der Waals surface area contributed by atoms with Crippen molar-refractivity contribution in [2.75, 3.05) is 13.1 Å². The molecule has 0 unspecified atom stereocenters. The van der Waals surface area contributed by atoms with Gasteiger partial charge in [-0.15, -0.1) is 0 Å². The Balaban J connectivity index is 1.51. The van der Waals surface area contributed by atoms with Gasteiger partial charge in [0.25, 0.3) is 11.5 Å². The van der Waals surface area contributed by atoms with Gasteiger partial charge in [-0.3, -0.25) is 24.5 Å². The predicted octanol–water partition coefficient (Wildman–Crippen LogP) is 1.81. The van der Waals surface area contributed by atoms with E-state index >= 15 is 0 Å². The smallest absolute Gasteiger partial charge is 0.276 e. The summed E-state index contributed by atoms with van der Waals surface area (Å²) in [5.74, 6) is 0.00236. The molecule has 2 N–H and O–H groups in total. The molecular formula is C23H28N6O3. The fraction of sp³-hybridized carbons (Fsp3) is 0.435. The lowest BCUT2D eigenvalue weighted by molar-refractivity contribution is -0.121. The maximum absolute atomic E-state index is 13.1. The van der Waals surface area contributed by atoms with Gasteiger partial charge in [0.1, 0.15) is 0 Å². The van der Waals surface area contributed by atoms with Gasteiger partial charge in [0.2, 0.25) is 5.91 Å². The Morgan fingerprint density at radius 1 is 1.28 bits per heavy atom. The quantitative estimate of drug-likeness (QED) is 0.612. The molecule has 3 aromatic rings. The number of hydrogen-bond acceptors (Lipinski definition) is 5. The number of rotatable bonds is 6. The summed E-state index contributed by atoms with van der Waals surface area (Å²) in [6.07, 6.45) is 4.61. The van der Waals surface area contributed by atoms with E-state index < -0.39 is 0 Å². The van der Waals surface area contributed by atoms with Crippen LogP contribution in [0.2, 0.25) is 0 Å². The first-order chi connectivity index (χ1) is 15.3. The highest BCUT2D eigenvalue weighted by Crippen LogP contribution is 2.27. The van der Waals surface area contributed by atoms with Gasteiger partial charge in [0, 0.05) is 72.4 Å². The van der Waals surface area contributed by atoms with Crippen LogP contribution < -0.4 is 10.9 Å². The highest BCUT2D eigenvalue weighted by atomic mass is 16.2. The van der Waals surface area contributed by atoms with Crippen LogP contribution >= 0.6 is 0 Å². The molecule has 0 spiro atoms. The lowest BCUT2D eigenvalue weighted by Crippen LogP contribution is -2.31. The fourth-order valence-electron chi connectivity index (χ4n) is 4.19. The van der Waals surface area contributed by atoms with E-state index in [0.717, 1.165) is 12.1 Å². The number of pyridine rings is 1. The fourth-order valence-corrected chi connectivity index (χ4v) is 4.19. The van der Waals surface area contributed by atoms with Crippen molar-refractivity contribution in [3.63, 3.8) is 0 Å². The summed E-state index contributed by atoms with van der Waals surface area (Å²) < 4.78 is 1.45. The van der Waals surface area contributed by atoms with E-state index in [-0.39, 0.29) is 35.8 Å². The Bertz CT molecular complexity index is 1200. The van der Waals surface area contributed by atoms with E-state index in [1.807, 2.05) is 24.8 Å². The van der Waals surface area contributed by atoms with Crippen LogP contribution in [-0.2, 0) is 11.2 Å². The zero-order chi connectivity index (χ0) is 22.8. The maximum Gasteiger partial charge on any atom is 0.276 e. The van der Waals surface area contributed by atoms with E-state index in [1.165, 1.54) is 4.52 Å². The van der Waals surface area contributed by atoms with Crippen molar-refractivity contribution < 1.29 is 9.59 Å². The Morgan fingerprint density at radius 3 is 2.75 bits per heavy atom. The first-order valence-electron chi connectivity index (χ1n) is 10.9. The first-order valence-corrected chi connectivity index (χ1v) is 10.9. The number of likely N-dealkylation sites (tertiary alicyclic amines) is 1. The van der Waals surface area contributed by atoms with Gasteiger partial charge < -0.3 is 10.2 Å². The van der Waals surface area contributed by atoms with Crippen LogP contribution in [0.5, 0.6) is 0 Å². The molecule has 9 heteroatoms. The SMILES string of the molecule is Cc1nc2cc([C@H]3CCN(C(=O)c4ccncc4)C3)[nH]n2c(=O)c1CCC(=O)NC(C)C. The number of carbonyl (C=O) groups is 2. The van der Waals surface area contributed by atoms with Crippen LogP contribution in [0.3, 0.4) is 0 Å². The standard InChI is InChI=1S/C23H28N6O3/c1-14(2)25-21(30)5-4-18-15(3)26-20-12-19(27-29(20)23(18)32)17-8-11-28(13-17)22(31)16-6-9-24-10-7-16/h6-7,9-10,12,14,17,27H,4-5,8,11,13H2,1-3H3,(H,25,30)/t17-/m0/s1. The summed E-state index contributed by atoms with van der Waals surface area (Å²) in [6.45, 7) is 6.83. The predicted molar refractivity (Wildman–Crippen MR) is 120 cm³/mol. The number of fused-ring (bicyclic) bond motifs is 1. The molecule has 0 saturated carbocycles. The van der Waals surface area contributed by atoms with Gasteiger partial charge in [-0.25, -0.2) is 9.50 Å². The third-order valence-corrected chi connectivity index (χ3v) is 5.83.